The van der Waals surface area contributed by atoms with E-state index >= 15 is 0 Å². The normalized spacial score (nSPS) is 25.5. The zero-order valence-electron chi connectivity index (χ0n) is 12.8. The van der Waals surface area contributed by atoms with E-state index in [1.165, 1.54) is 25.7 Å². The van der Waals surface area contributed by atoms with E-state index in [9.17, 15) is 0 Å². The third-order valence-corrected chi connectivity index (χ3v) is 4.59. The standard InChI is InChI=1S/C15H28N4/c1-5-19-13(4)17-18-15(19)10-16-12(3)14-8-6-7-11(2)9-14/h11-12,14,16H,5-10H2,1-4H3/t11-,12-,14-/m1/s1. The molecule has 19 heavy (non-hydrogen) atoms. The average molecular weight is 264 g/mol. The number of hydrogen-bond acceptors (Lipinski definition) is 3. The van der Waals surface area contributed by atoms with E-state index in [-0.39, 0.29) is 0 Å². The summed E-state index contributed by atoms with van der Waals surface area (Å²) >= 11 is 0. The molecule has 1 aromatic rings. The predicted octanol–water partition coefficient (Wildman–Crippen LogP) is 2.91. The van der Waals surface area contributed by atoms with Gasteiger partial charge in [0.05, 0.1) is 6.54 Å². The summed E-state index contributed by atoms with van der Waals surface area (Å²) in [5.41, 5.74) is 0. The molecule has 1 aromatic heterocycles. The van der Waals surface area contributed by atoms with Crippen LogP contribution in [0.3, 0.4) is 0 Å². The minimum Gasteiger partial charge on any atom is -0.314 e. The van der Waals surface area contributed by atoms with Crippen molar-refractivity contribution in [1.82, 2.24) is 20.1 Å². The molecule has 1 saturated carbocycles. The van der Waals surface area contributed by atoms with Crippen LogP contribution in [0.15, 0.2) is 0 Å². The second-order valence-electron chi connectivity index (χ2n) is 6.11. The van der Waals surface area contributed by atoms with E-state index in [1.54, 1.807) is 0 Å². The van der Waals surface area contributed by atoms with Crippen LogP contribution in [-0.2, 0) is 13.1 Å². The van der Waals surface area contributed by atoms with Crippen LogP contribution in [-0.4, -0.2) is 20.8 Å². The van der Waals surface area contributed by atoms with E-state index in [2.05, 4.69) is 40.9 Å². The maximum Gasteiger partial charge on any atom is 0.146 e. The summed E-state index contributed by atoms with van der Waals surface area (Å²) < 4.78 is 2.18. The number of aromatic nitrogens is 3. The molecule has 1 heterocycles. The van der Waals surface area contributed by atoms with E-state index in [4.69, 9.17) is 0 Å². The van der Waals surface area contributed by atoms with Crippen molar-refractivity contribution in [2.45, 2.75) is 72.5 Å². The number of nitrogens with one attached hydrogen (secondary N) is 1. The van der Waals surface area contributed by atoms with Gasteiger partial charge in [-0.2, -0.15) is 0 Å². The molecule has 0 amide bonds. The Morgan fingerprint density at radius 1 is 1.37 bits per heavy atom. The molecule has 108 valence electrons. The Morgan fingerprint density at radius 2 is 2.16 bits per heavy atom. The molecule has 0 saturated heterocycles. The molecule has 0 unspecified atom stereocenters. The fourth-order valence-electron chi connectivity index (χ4n) is 3.32. The second kappa shape index (κ2) is 6.51. The summed E-state index contributed by atoms with van der Waals surface area (Å²) in [5, 5.41) is 12.1. The molecule has 0 aliphatic heterocycles. The van der Waals surface area contributed by atoms with Crippen LogP contribution in [0.5, 0.6) is 0 Å². The van der Waals surface area contributed by atoms with Crippen molar-refractivity contribution in [2.24, 2.45) is 11.8 Å². The summed E-state index contributed by atoms with van der Waals surface area (Å²) in [6.45, 7) is 10.7. The fourth-order valence-corrected chi connectivity index (χ4v) is 3.32. The average Bonchev–Trinajstić information content (AvgIpc) is 2.76. The summed E-state index contributed by atoms with van der Waals surface area (Å²) in [7, 11) is 0. The second-order valence-corrected chi connectivity index (χ2v) is 6.11. The van der Waals surface area contributed by atoms with Gasteiger partial charge in [-0.05, 0) is 45.4 Å². The van der Waals surface area contributed by atoms with Crippen molar-refractivity contribution < 1.29 is 0 Å². The smallest absolute Gasteiger partial charge is 0.146 e. The first-order chi connectivity index (χ1) is 9.11. The van der Waals surface area contributed by atoms with Gasteiger partial charge in [0.1, 0.15) is 11.6 Å². The lowest BCUT2D eigenvalue weighted by Gasteiger charge is -2.31. The van der Waals surface area contributed by atoms with Gasteiger partial charge in [0.2, 0.25) is 0 Å². The predicted molar refractivity (Wildman–Crippen MR) is 77.9 cm³/mol. The van der Waals surface area contributed by atoms with Crippen LogP contribution in [0.1, 0.15) is 58.1 Å². The van der Waals surface area contributed by atoms with Gasteiger partial charge < -0.3 is 9.88 Å². The van der Waals surface area contributed by atoms with E-state index in [0.717, 1.165) is 36.6 Å². The van der Waals surface area contributed by atoms with Gasteiger partial charge in [-0.15, -0.1) is 10.2 Å². The molecule has 0 aromatic carbocycles. The first kappa shape index (κ1) is 14.5. The van der Waals surface area contributed by atoms with Crippen LogP contribution >= 0.6 is 0 Å². The van der Waals surface area contributed by atoms with E-state index in [0.29, 0.717) is 6.04 Å². The number of nitrogens with zero attached hydrogens (tertiary/aromatic N) is 3. The Kier molecular flexibility index (Phi) is 4.97. The molecule has 3 atom stereocenters. The highest BCUT2D eigenvalue weighted by Crippen LogP contribution is 2.30. The van der Waals surface area contributed by atoms with E-state index < -0.39 is 0 Å². The minimum atomic E-state index is 0.574. The van der Waals surface area contributed by atoms with Crippen LogP contribution in [0.25, 0.3) is 0 Å². The monoisotopic (exact) mass is 264 g/mol. The van der Waals surface area contributed by atoms with Gasteiger partial charge in [-0.3, -0.25) is 0 Å². The molecule has 1 N–H and O–H groups in total. The highest BCUT2D eigenvalue weighted by molar-refractivity contribution is 4.94. The Bertz CT molecular complexity index is 399. The zero-order chi connectivity index (χ0) is 13.8. The highest BCUT2D eigenvalue weighted by atomic mass is 15.3. The molecule has 1 aliphatic carbocycles. The van der Waals surface area contributed by atoms with Crippen LogP contribution in [0.4, 0.5) is 0 Å². The van der Waals surface area contributed by atoms with Gasteiger partial charge >= 0.3 is 0 Å². The largest absolute Gasteiger partial charge is 0.314 e. The summed E-state index contributed by atoms with van der Waals surface area (Å²) in [6, 6.07) is 0.574. The van der Waals surface area contributed by atoms with Crippen LogP contribution in [0.2, 0.25) is 0 Å². The van der Waals surface area contributed by atoms with Crippen molar-refractivity contribution in [3.63, 3.8) is 0 Å². The number of rotatable bonds is 5. The summed E-state index contributed by atoms with van der Waals surface area (Å²) in [5.74, 6) is 3.79. The Balaban J connectivity index is 1.87. The van der Waals surface area contributed by atoms with Crippen molar-refractivity contribution in [3.05, 3.63) is 11.6 Å². The van der Waals surface area contributed by atoms with Gasteiger partial charge in [0.15, 0.2) is 0 Å². The number of aryl methyl sites for hydroxylation is 1. The molecule has 0 spiro atoms. The lowest BCUT2D eigenvalue weighted by molar-refractivity contribution is 0.229. The first-order valence-corrected chi connectivity index (χ1v) is 7.73. The summed E-state index contributed by atoms with van der Waals surface area (Å²) in [4.78, 5) is 0. The Labute approximate surface area is 117 Å². The summed E-state index contributed by atoms with van der Waals surface area (Å²) in [6.07, 6.45) is 5.54. The lowest BCUT2D eigenvalue weighted by atomic mass is 9.79. The maximum atomic E-state index is 4.27. The molecule has 2 rings (SSSR count). The van der Waals surface area contributed by atoms with Crippen molar-refractivity contribution in [1.29, 1.82) is 0 Å². The third-order valence-electron chi connectivity index (χ3n) is 4.59. The van der Waals surface area contributed by atoms with Gasteiger partial charge in [-0.1, -0.05) is 19.8 Å². The van der Waals surface area contributed by atoms with Gasteiger partial charge in [0, 0.05) is 12.6 Å². The van der Waals surface area contributed by atoms with Crippen molar-refractivity contribution >= 4 is 0 Å². The first-order valence-electron chi connectivity index (χ1n) is 7.73. The molecule has 4 nitrogen and oxygen atoms in total. The fraction of sp³-hybridized carbons (Fsp3) is 0.867. The quantitative estimate of drug-likeness (QED) is 0.889. The van der Waals surface area contributed by atoms with Gasteiger partial charge in [0.25, 0.3) is 0 Å². The topological polar surface area (TPSA) is 42.7 Å². The zero-order valence-corrected chi connectivity index (χ0v) is 12.8. The van der Waals surface area contributed by atoms with Crippen molar-refractivity contribution in [3.8, 4) is 0 Å². The Hall–Kier alpha value is -0.900. The Morgan fingerprint density at radius 3 is 2.84 bits per heavy atom. The minimum absolute atomic E-state index is 0.574. The molecular weight excluding hydrogens is 236 g/mol. The van der Waals surface area contributed by atoms with Gasteiger partial charge in [-0.25, -0.2) is 0 Å². The highest BCUT2D eigenvalue weighted by Gasteiger charge is 2.23. The lowest BCUT2D eigenvalue weighted by Crippen LogP contribution is -2.36. The van der Waals surface area contributed by atoms with Crippen molar-refractivity contribution in [2.75, 3.05) is 0 Å². The van der Waals surface area contributed by atoms with E-state index in [1.807, 2.05) is 6.92 Å². The molecular formula is C15H28N4. The SMILES string of the molecule is CCn1c(C)nnc1CN[C@H](C)[C@@H]1CCC[C@@H](C)C1. The molecule has 1 aliphatic rings. The maximum absolute atomic E-state index is 4.27. The number of hydrogen-bond donors (Lipinski definition) is 1. The third kappa shape index (κ3) is 3.56. The van der Waals surface area contributed by atoms with Crippen LogP contribution in [0, 0.1) is 18.8 Å². The molecule has 1 fully saturated rings. The van der Waals surface area contributed by atoms with Crippen LogP contribution < -0.4 is 5.32 Å². The molecule has 4 heteroatoms. The molecule has 0 radical (unpaired) electrons. The molecule has 0 bridgehead atoms.